The van der Waals surface area contributed by atoms with E-state index >= 15 is 0 Å². The number of carbonyl (C=O) groups is 2. The predicted molar refractivity (Wildman–Crippen MR) is 126 cm³/mol. The van der Waals surface area contributed by atoms with Crippen molar-refractivity contribution in [2.75, 3.05) is 10.6 Å². The van der Waals surface area contributed by atoms with Crippen LogP contribution in [-0.4, -0.2) is 18.0 Å². The zero-order chi connectivity index (χ0) is 22.4. The van der Waals surface area contributed by atoms with Crippen molar-refractivity contribution in [3.63, 3.8) is 0 Å². The fourth-order valence-corrected chi connectivity index (χ4v) is 3.12. The minimum absolute atomic E-state index is 0.523. The van der Waals surface area contributed by atoms with Gasteiger partial charge >= 0.3 is 11.8 Å². The lowest BCUT2D eigenvalue weighted by Gasteiger charge is -2.11. The van der Waals surface area contributed by atoms with Gasteiger partial charge in [0, 0.05) is 27.6 Å². The van der Waals surface area contributed by atoms with Crippen molar-refractivity contribution in [2.24, 2.45) is 5.10 Å². The summed E-state index contributed by atoms with van der Waals surface area (Å²) >= 11 is 6.11. The van der Waals surface area contributed by atoms with Gasteiger partial charge < -0.3 is 10.6 Å². The number of aryl methyl sites for hydroxylation is 3. The van der Waals surface area contributed by atoms with E-state index in [-0.39, 0.29) is 0 Å². The first-order valence-corrected chi connectivity index (χ1v) is 10.0. The third-order valence-corrected chi connectivity index (χ3v) is 4.87. The molecule has 3 aromatic rings. The van der Waals surface area contributed by atoms with Gasteiger partial charge in [0.2, 0.25) is 0 Å². The number of halogens is 1. The van der Waals surface area contributed by atoms with Crippen molar-refractivity contribution in [3.8, 4) is 0 Å². The third-order valence-electron chi connectivity index (χ3n) is 4.64. The van der Waals surface area contributed by atoms with E-state index in [1.807, 2.05) is 69.3 Å². The summed E-state index contributed by atoms with van der Waals surface area (Å²) in [5.74, 6) is -1.66. The number of para-hydroxylation sites is 1. The van der Waals surface area contributed by atoms with E-state index in [1.165, 1.54) is 6.21 Å². The average Bonchev–Trinajstić information content (AvgIpc) is 2.74. The lowest BCUT2D eigenvalue weighted by molar-refractivity contribution is -0.136. The summed E-state index contributed by atoms with van der Waals surface area (Å²) in [7, 11) is 0. The molecule has 0 spiro atoms. The molecule has 31 heavy (non-hydrogen) atoms. The molecule has 0 radical (unpaired) electrons. The second kappa shape index (κ2) is 9.91. The fourth-order valence-electron chi connectivity index (χ4n) is 2.94. The number of benzene rings is 3. The number of amides is 2. The second-order valence-corrected chi connectivity index (χ2v) is 7.58. The number of nitrogens with zero attached hydrogens (tertiary/aromatic N) is 1. The highest BCUT2D eigenvalue weighted by molar-refractivity contribution is 6.39. The molecule has 158 valence electrons. The molecule has 2 amide bonds. The van der Waals surface area contributed by atoms with E-state index in [2.05, 4.69) is 21.2 Å². The number of carbonyl (C=O) groups excluding carboxylic acids is 2. The first-order valence-electron chi connectivity index (χ1n) is 9.67. The van der Waals surface area contributed by atoms with Gasteiger partial charge in [-0.3, -0.25) is 9.59 Å². The molecule has 0 aliphatic rings. The van der Waals surface area contributed by atoms with Crippen LogP contribution in [-0.2, 0) is 9.59 Å². The molecule has 7 heteroatoms. The van der Waals surface area contributed by atoms with Crippen molar-refractivity contribution < 1.29 is 9.59 Å². The molecule has 3 rings (SSSR count). The molecule has 6 nitrogen and oxygen atoms in total. The summed E-state index contributed by atoms with van der Waals surface area (Å²) in [6.07, 6.45) is 1.44. The Kier molecular flexibility index (Phi) is 7.05. The molecule has 0 aliphatic carbocycles. The Balaban J connectivity index is 1.68. The molecule has 0 bridgehead atoms. The van der Waals surface area contributed by atoms with Gasteiger partial charge in [0.1, 0.15) is 0 Å². The van der Waals surface area contributed by atoms with Gasteiger partial charge in [-0.15, -0.1) is 0 Å². The Bertz CT molecular complexity index is 1120. The molecule has 0 saturated carbocycles. The maximum atomic E-state index is 12.2. The van der Waals surface area contributed by atoms with E-state index in [0.29, 0.717) is 16.3 Å². The van der Waals surface area contributed by atoms with Crippen molar-refractivity contribution in [3.05, 3.63) is 87.9 Å². The zero-order valence-electron chi connectivity index (χ0n) is 17.5. The molecule has 0 heterocycles. The van der Waals surface area contributed by atoms with Crippen LogP contribution in [0.2, 0.25) is 5.02 Å². The molecule has 3 N–H and O–H groups in total. The van der Waals surface area contributed by atoms with Crippen LogP contribution in [0.15, 0.2) is 65.8 Å². The van der Waals surface area contributed by atoms with Gasteiger partial charge in [-0.2, -0.15) is 5.10 Å². The van der Waals surface area contributed by atoms with Crippen LogP contribution in [0.3, 0.4) is 0 Å². The maximum absolute atomic E-state index is 12.2. The van der Waals surface area contributed by atoms with Crippen molar-refractivity contribution >= 4 is 46.7 Å². The molecular formula is C24H23ClN4O2. The van der Waals surface area contributed by atoms with E-state index in [9.17, 15) is 9.59 Å². The van der Waals surface area contributed by atoms with Crippen molar-refractivity contribution in [1.29, 1.82) is 0 Å². The van der Waals surface area contributed by atoms with Gasteiger partial charge in [-0.1, -0.05) is 47.5 Å². The van der Waals surface area contributed by atoms with E-state index < -0.39 is 11.8 Å². The Morgan fingerprint density at radius 1 is 0.903 bits per heavy atom. The monoisotopic (exact) mass is 434 g/mol. The molecule has 0 fully saturated rings. The summed E-state index contributed by atoms with van der Waals surface area (Å²) in [5.41, 5.74) is 8.09. The number of hydrogen-bond donors (Lipinski definition) is 3. The molecule has 0 atom stereocenters. The molecular weight excluding hydrogens is 412 g/mol. The Morgan fingerprint density at radius 3 is 2.26 bits per heavy atom. The predicted octanol–water partition coefficient (Wildman–Crippen LogP) is 5.10. The van der Waals surface area contributed by atoms with Crippen LogP contribution in [0.4, 0.5) is 17.1 Å². The van der Waals surface area contributed by atoms with Crippen LogP contribution < -0.4 is 16.1 Å². The first-order chi connectivity index (χ1) is 14.8. The van der Waals surface area contributed by atoms with E-state index in [0.717, 1.165) is 28.1 Å². The summed E-state index contributed by atoms with van der Waals surface area (Å²) in [6, 6.07) is 18.8. The minimum atomic E-state index is -0.867. The highest BCUT2D eigenvalue weighted by Gasteiger charge is 2.15. The fraction of sp³-hybridized carbons (Fsp3) is 0.125. The third kappa shape index (κ3) is 5.93. The topological polar surface area (TPSA) is 82.6 Å². The smallest absolute Gasteiger partial charge is 0.329 e. The Labute approximate surface area is 186 Å². The molecule has 0 unspecified atom stereocenters. The quantitative estimate of drug-likeness (QED) is 0.297. The number of hydrazone groups is 1. The summed E-state index contributed by atoms with van der Waals surface area (Å²) < 4.78 is 0. The highest BCUT2D eigenvalue weighted by Crippen LogP contribution is 2.23. The maximum Gasteiger partial charge on any atom is 0.329 e. The lowest BCUT2D eigenvalue weighted by atomic mass is 10.1. The van der Waals surface area contributed by atoms with E-state index in [1.54, 1.807) is 12.1 Å². The molecule has 0 saturated heterocycles. The minimum Gasteiger partial charge on any atom is -0.355 e. The van der Waals surface area contributed by atoms with Crippen LogP contribution in [0.1, 0.15) is 22.3 Å². The summed E-state index contributed by atoms with van der Waals surface area (Å²) in [5, 5.41) is 10.4. The summed E-state index contributed by atoms with van der Waals surface area (Å²) in [6.45, 7) is 5.74. The lowest BCUT2D eigenvalue weighted by Crippen LogP contribution is -2.32. The van der Waals surface area contributed by atoms with Gasteiger partial charge in [0.25, 0.3) is 0 Å². The standard InChI is InChI=1S/C24H23ClN4O2/c1-15-7-10-20(11-8-15)27-21-12-9-19(25)13-18(21)14-26-29-24(31)23(30)28-22-16(2)5-4-6-17(22)3/h4-14,27H,1-3H3,(H,28,30)(H,29,31)/b26-14-. The normalized spacial score (nSPS) is 10.7. The van der Waals surface area contributed by atoms with Gasteiger partial charge in [-0.25, -0.2) is 5.43 Å². The van der Waals surface area contributed by atoms with Crippen LogP contribution in [0, 0.1) is 20.8 Å². The number of hydrogen-bond acceptors (Lipinski definition) is 4. The number of rotatable bonds is 5. The van der Waals surface area contributed by atoms with Gasteiger partial charge in [0.05, 0.1) is 6.21 Å². The van der Waals surface area contributed by atoms with Crippen molar-refractivity contribution in [1.82, 2.24) is 5.43 Å². The molecule has 3 aromatic carbocycles. The highest BCUT2D eigenvalue weighted by atomic mass is 35.5. The largest absolute Gasteiger partial charge is 0.355 e. The average molecular weight is 435 g/mol. The Morgan fingerprint density at radius 2 is 1.58 bits per heavy atom. The van der Waals surface area contributed by atoms with Gasteiger partial charge in [-0.05, 0) is 62.2 Å². The number of nitrogens with one attached hydrogen (secondary N) is 3. The Hall–Kier alpha value is -3.64. The molecule has 0 aromatic heterocycles. The SMILES string of the molecule is Cc1ccc(Nc2ccc(Cl)cc2/C=N\NC(=O)C(=O)Nc2c(C)cccc2C)cc1. The van der Waals surface area contributed by atoms with E-state index in [4.69, 9.17) is 11.6 Å². The second-order valence-electron chi connectivity index (χ2n) is 7.14. The first kappa shape index (κ1) is 22.1. The molecule has 0 aliphatic heterocycles. The zero-order valence-corrected chi connectivity index (χ0v) is 18.2. The van der Waals surface area contributed by atoms with Crippen LogP contribution in [0.25, 0.3) is 0 Å². The van der Waals surface area contributed by atoms with Crippen LogP contribution >= 0.6 is 11.6 Å². The summed E-state index contributed by atoms with van der Waals surface area (Å²) in [4.78, 5) is 24.4. The van der Waals surface area contributed by atoms with Crippen LogP contribution in [0.5, 0.6) is 0 Å². The van der Waals surface area contributed by atoms with Gasteiger partial charge in [0.15, 0.2) is 0 Å². The van der Waals surface area contributed by atoms with Crippen molar-refractivity contribution in [2.45, 2.75) is 20.8 Å². The number of anilines is 3.